The van der Waals surface area contributed by atoms with Crippen molar-refractivity contribution in [1.82, 2.24) is 9.55 Å². The Bertz CT molecular complexity index is 629. The van der Waals surface area contributed by atoms with Crippen molar-refractivity contribution >= 4 is 5.97 Å². The average Bonchev–Trinajstić information content (AvgIpc) is 2.84. The van der Waals surface area contributed by atoms with Gasteiger partial charge in [-0.25, -0.2) is 9.59 Å². The van der Waals surface area contributed by atoms with Crippen LogP contribution in [0.1, 0.15) is 18.6 Å². The van der Waals surface area contributed by atoms with Gasteiger partial charge in [0.05, 0.1) is 12.3 Å². The first kappa shape index (κ1) is 13.1. The van der Waals surface area contributed by atoms with Gasteiger partial charge in [-0.15, -0.1) is 0 Å². The summed E-state index contributed by atoms with van der Waals surface area (Å²) in [6, 6.07) is 6.53. The summed E-state index contributed by atoms with van der Waals surface area (Å²) in [5.41, 5.74) is 0.652. The Morgan fingerprint density at radius 3 is 2.95 bits per heavy atom. The van der Waals surface area contributed by atoms with Gasteiger partial charge in [-0.05, 0) is 24.6 Å². The van der Waals surface area contributed by atoms with Gasteiger partial charge in [-0.3, -0.25) is 4.57 Å². The molecule has 100 valence electrons. The number of aromatic amines is 1. The molecule has 0 aliphatic heterocycles. The van der Waals surface area contributed by atoms with E-state index >= 15 is 0 Å². The fraction of sp³-hybridized carbons (Fsp3) is 0.231. The number of carbonyl (C=O) groups is 1. The van der Waals surface area contributed by atoms with Crippen molar-refractivity contribution in [2.75, 3.05) is 6.61 Å². The number of ether oxygens (including phenoxy) is 1. The fourth-order valence-corrected chi connectivity index (χ4v) is 1.73. The second-order valence-electron chi connectivity index (χ2n) is 3.88. The van der Waals surface area contributed by atoms with Crippen molar-refractivity contribution in [2.24, 2.45) is 0 Å². The molecule has 2 rings (SSSR count). The summed E-state index contributed by atoms with van der Waals surface area (Å²) < 4.78 is 6.13. The number of imidazole rings is 1. The number of hydrogen-bond donors (Lipinski definition) is 2. The second-order valence-corrected chi connectivity index (χ2v) is 3.88. The number of nitrogens with one attached hydrogen (secondary N) is 1. The minimum absolute atomic E-state index is 0.201. The summed E-state index contributed by atoms with van der Waals surface area (Å²) in [7, 11) is 0. The Morgan fingerprint density at radius 1 is 1.53 bits per heavy atom. The molecule has 2 aromatic rings. The molecule has 1 aromatic heterocycles. The molecule has 0 saturated heterocycles. The highest BCUT2D eigenvalue weighted by molar-refractivity contribution is 5.76. The third kappa shape index (κ3) is 2.74. The Hall–Kier alpha value is -2.34. The van der Waals surface area contributed by atoms with Crippen LogP contribution < -0.4 is 5.69 Å². The molecule has 1 atom stereocenters. The van der Waals surface area contributed by atoms with Gasteiger partial charge >= 0.3 is 11.7 Å². The minimum atomic E-state index is -1.35. The highest BCUT2D eigenvalue weighted by Crippen LogP contribution is 2.17. The molecule has 1 heterocycles. The summed E-state index contributed by atoms with van der Waals surface area (Å²) in [6.45, 7) is 1.87. The van der Waals surface area contributed by atoms with E-state index in [0.717, 1.165) is 0 Å². The van der Waals surface area contributed by atoms with E-state index in [0.29, 0.717) is 11.3 Å². The zero-order valence-electron chi connectivity index (χ0n) is 10.4. The van der Waals surface area contributed by atoms with Gasteiger partial charge in [0.2, 0.25) is 0 Å². The fourth-order valence-electron chi connectivity index (χ4n) is 1.73. The quantitative estimate of drug-likeness (QED) is 0.797. The molecule has 0 radical (unpaired) electrons. The van der Waals surface area contributed by atoms with Gasteiger partial charge in [-0.2, -0.15) is 0 Å². The molecule has 1 unspecified atom stereocenters. The van der Waals surface area contributed by atoms with E-state index in [1.54, 1.807) is 37.4 Å². The maximum absolute atomic E-state index is 11.5. The van der Waals surface area contributed by atoms with Gasteiger partial charge < -0.3 is 14.8 Å². The standard InChI is InChI=1S/C13H14N2O4/c1-2-19-12(17)11(16)9-4-3-5-10(8-9)15-7-6-14-13(15)18/h3-8,11,16H,2H2,1H3,(H,14,18). The van der Waals surface area contributed by atoms with Gasteiger partial charge in [0, 0.05) is 12.4 Å². The summed E-state index contributed by atoms with van der Waals surface area (Å²) >= 11 is 0. The van der Waals surface area contributed by atoms with Crippen LogP contribution in [0.25, 0.3) is 5.69 Å². The Morgan fingerprint density at radius 2 is 2.32 bits per heavy atom. The first-order chi connectivity index (χ1) is 9.13. The first-order valence-corrected chi connectivity index (χ1v) is 5.84. The summed E-state index contributed by atoms with van der Waals surface area (Å²) in [6.07, 6.45) is 1.73. The van der Waals surface area contributed by atoms with Crippen molar-refractivity contribution in [1.29, 1.82) is 0 Å². The Balaban J connectivity index is 2.32. The molecule has 0 amide bonds. The second kappa shape index (κ2) is 5.53. The number of rotatable bonds is 4. The molecule has 0 aliphatic carbocycles. The molecule has 0 spiro atoms. The summed E-state index contributed by atoms with van der Waals surface area (Å²) in [4.78, 5) is 25.5. The van der Waals surface area contributed by atoms with Crippen LogP contribution in [0.5, 0.6) is 0 Å². The monoisotopic (exact) mass is 262 g/mol. The van der Waals surface area contributed by atoms with E-state index in [9.17, 15) is 14.7 Å². The number of aliphatic hydroxyl groups is 1. The average molecular weight is 262 g/mol. The number of hydrogen-bond acceptors (Lipinski definition) is 4. The van der Waals surface area contributed by atoms with Crippen LogP contribution in [0, 0.1) is 0 Å². The molecular weight excluding hydrogens is 248 g/mol. The van der Waals surface area contributed by atoms with Gasteiger partial charge in [0.1, 0.15) is 0 Å². The van der Waals surface area contributed by atoms with Crippen LogP contribution in [-0.2, 0) is 9.53 Å². The van der Waals surface area contributed by atoms with Crippen molar-refractivity contribution < 1.29 is 14.6 Å². The lowest BCUT2D eigenvalue weighted by atomic mass is 10.1. The normalized spacial score (nSPS) is 12.1. The summed E-state index contributed by atoms with van der Waals surface area (Å²) in [5, 5.41) is 9.84. The highest BCUT2D eigenvalue weighted by atomic mass is 16.5. The zero-order valence-corrected chi connectivity index (χ0v) is 10.4. The van der Waals surface area contributed by atoms with Crippen LogP contribution in [0.4, 0.5) is 0 Å². The highest BCUT2D eigenvalue weighted by Gasteiger charge is 2.18. The van der Waals surface area contributed by atoms with Crippen molar-refractivity contribution in [3.05, 3.63) is 52.7 Å². The summed E-state index contributed by atoms with van der Waals surface area (Å²) in [5.74, 6) is -0.707. The number of benzene rings is 1. The van der Waals surface area contributed by atoms with Crippen molar-refractivity contribution in [3.63, 3.8) is 0 Å². The number of H-pyrrole nitrogens is 1. The molecular formula is C13H14N2O4. The molecule has 6 heteroatoms. The Kier molecular flexibility index (Phi) is 3.82. The lowest BCUT2D eigenvalue weighted by Gasteiger charge is -2.11. The van der Waals surface area contributed by atoms with Crippen LogP contribution in [0.2, 0.25) is 0 Å². The molecule has 19 heavy (non-hydrogen) atoms. The number of nitrogens with zero attached hydrogens (tertiary/aromatic N) is 1. The molecule has 0 aliphatic rings. The molecule has 1 aromatic carbocycles. The number of aliphatic hydroxyl groups excluding tert-OH is 1. The van der Waals surface area contributed by atoms with Crippen LogP contribution in [-0.4, -0.2) is 27.2 Å². The van der Waals surface area contributed by atoms with E-state index in [1.165, 1.54) is 10.8 Å². The lowest BCUT2D eigenvalue weighted by Crippen LogP contribution is -2.17. The predicted molar refractivity (Wildman–Crippen MR) is 68.0 cm³/mol. The SMILES string of the molecule is CCOC(=O)C(O)c1cccc(-n2cc[nH]c2=O)c1. The Labute approximate surface area is 109 Å². The maximum atomic E-state index is 11.5. The van der Waals surface area contributed by atoms with E-state index in [2.05, 4.69) is 4.98 Å². The smallest absolute Gasteiger partial charge is 0.339 e. The molecule has 0 bridgehead atoms. The number of carbonyl (C=O) groups excluding carboxylic acids is 1. The van der Waals surface area contributed by atoms with Gasteiger partial charge in [0.25, 0.3) is 0 Å². The van der Waals surface area contributed by atoms with Crippen molar-refractivity contribution in [3.8, 4) is 5.69 Å². The van der Waals surface area contributed by atoms with Crippen LogP contribution in [0.15, 0.2) is 41.5 Å². The molecule has 6 nitrogen and oxygen atoms in total. The maximum Gasteiger partial charge on any atom is 0.339 e. The van der Waals surface area contributed by atoms with Crippen LogP contribution >= 0.6 is 0 Å². The van der Waals surface area contributed by atoms with Gasteiger partial charge in [-0.1, -0.05) is 12.1 Å². The first-order valence-electron chi connectivity index (χ1n) is 5.84. The minimum Gasteiger partial charge on any atom is -0.464 e. The van der Waals surface area contributed by atoms with E-state index in [-0.39, 0.29) is 12.3 Å². The lowest BCUT2D eigenvalue weighted by molar-refractivity contribution is -0.153. The third-order valence-electron chi connectivity index (χ3n) is 2.62. The van der Waals surface area contributed by atoms with E-state index in [4.69, 9.17) is 4.74 Å². The van der Waals surface area contributed by atoms with Crippen molar-refractivity contribution in [2.45, 2.75) is 13.0 Å². The topological polar surface area (TPSA) is 84.3 Å². The van der Waals surface area contributed by atoms with Crippen LogP contribution in [0.3, 0.4) is 0 Å². The molecule has 0 saturated carbocycles. The largest absolute Gasteiger partial charge is 0.464 e. The molecule has 0 fully saturated rings. The molecule has 2 N–H and O–H groups in total. The number of esters is 1. The van der Waals surface area contributed by atoms with E-state index in [1.807, 2.05) is 0 Å². The predicted octanol–water partition coefficient (Wildman–Crippen LogP) is 0.762. The number of aromatic nitrogens is 2. The van der Waals surface area contributed by atoms with E-state index < -0.39 is 12.1 Å². The van der Waals surface area contributed by atoms with Gasteiger partial charge in [0.15, 0.2) is 6.10 Å². The zero-order chi connectivity index (χ0) is 13.8. The third-order valence-corrected chi connectivity index (χ3v) is 2.62.